The Morgan fingerprint density at radius 2 is 2.20 bits per heavy atom. The summed E-state index contributed by atoms with van der Waals surface area (Å²) in [5, 5.41) is 0. The lowest BCUT2D eigenvalue weighted by atomic mass is 9.73. The van der Waals surface area contributed by atoms with Crippen molar-refractivity contribution in [2.24, 2.45) is 5.73 Å². The summed E-state index contributed by atoms with van der Waals surface area (Å²) in [6.45, 7) is 0. The van der Waals surface area contributed by atoms with Crippen molar-refractivity contribution in [1.29, 1.82) is 0 Å². The van der Waals surface area contributed by atoms with Gasteiger partial charge < -0.3 is 10.5 Å². The summed E-state index contributed by atoms with van der Waals surface area (Å²) in [7, 11) is 0. The van der Waals surface area contributed by atoms with E-state index in [1.54, 1.807) is 6.07 Å². The highest BCUT2D eigenvalue weighted by molar-refractivity contribution is 5.39. The Kier molecular flexibility index (Phi) is 1.80. The fraction of sp³-hybridized carbons (Fsp3) is 0.500. The monoisotopic (exact) mass is 207 g/mol. The Balaban J connectivity index is 2.01. The van der Waals surface area contributed by atoms with Crippen molar-refractivity contribution < 1.29 is 9.13 Å². The van der Waals surface area contributed by atoms with E-state index in [9.17, 15) is 4.39 Å². The van der Waals surface area contributed by atoms with E-state index in [2.05, 4.69) is 0 Å². The predicted molar refractivity (Wildman–Crippen MR) is 55.2 cm³/mol. The molecule has 2 aliphatic rings. The van der Waals surface area contributed by atoms with Gasteiger partial charge in [0.15, 0.2) is 0 Å². The summed E-state index contributed by atoms with van der Waals surface area (Å²) >= 11 is 0. The summed E-state index contributed by atoms with van der Waals surface area (Å²) in [5.74, 6) is 0.394. The van der Waals surface area contributed by atoms with Crippen molar-refractivity contribution >= 4 is 0 Å². The molecule has 1 aromatic rings. The third kappa shape index (κ3) is 1.34. The lowest BCUT2D eigenvalue weighted by molar-refractivity contribution is -0.0331. The molecule has 1 heterocycles. The Labute approximate surface area is 88.2 Å². The van der Waals surface area contributed by atoms with Gasteiger partial charge in [0.05, 0.1) is 0 Å². The van der Waals surface area contributed by atoms with Gasteiger partial charge in [0.1, 0.15) is 17.2 Å². The number of fused-ring (bicyclic) bond motifs is 1. The molecular formula is C12H14FNO. The van der Waals surface area contributed by atoms with Crippen LogP contribution in [0.15, 0.2) is 18.2 Å². The molecule has 1 aliphatic heterocycles. The largest absolute Gasteiger partial charge is 0.487 e. The van der Waals surface area contributed by atoms with Gasteiger partial charge in [-0.1, -0.05) is 6.07 Å². The van der Waals surface area contributed by atoms with Crippen LogP contribution in [0.3, 0.4) is 0 Å². The molecule has 0 saturated heterocycles. The molecule has 1 spiro atoms. The van der Waals surface area contributed by atoms with Crippen LogP contribution in [-0.4, -0.2) is 5.60 Å². The normalized spacial score (nSPS) is 26.7. The summed E-state index contributed by atoms with van der Waals surface area (Å²) in [5.41, 5.74) is 6.93. The molecule has 2 nitrogen and oxygen atoms in total. The molecule has 1 aliphatic carbocycles. The van der Waals surface area contributed by atoms with Crippen molar-refractivity contribution in [1.82, 2.24) is 0 Å². The highest BCUT2D eigenvalue weighted by Crippen LogP contribution is 2.48. The molecular weight excluding hydrogens is 193 g/mol. The zero-order valence-electron chi connectivity index (χ0n) is 8.50. The Morgan fingerprint density at radius 1 is 1.40 bits per heavy atom. The third-order valence-corrected chi connectivity index (χ3v) is 3.56. The fourth-order valence-electron chi connectivity index (χ4n) is 2.57. The molecule has 0 bridgehead atoms. The van der Waals surface area contributed by atoms with Gasteiger partial charge in [-0.2, -0.15) is 0 Å². The molecule has 15 heavy (non-hydrogen) atoms. The number of hydrogen-bond acceptors (Lipinski definition) is 2. The SMILES string of the molecule is NC1CC2(CCC2)Oc2cc(F)ccc21. The van der Waals surface area contributed by atoms with Crippen molar-refractivity contribution in [2.45, 2.75) is 37.3 Å². The first-order valence-electron chi connectivity index (χ1n) is 5.43. The fourth-order valence-corrected chi connectivity index (χ4v) is 2.57. The van der Waals surface area contributed by atoms with Crippen LogP contribution in [0, 0.1) is 5.82 Å². The first-order valence-corrected chi connectivity index (χ1v) is 5.43. The van der Waals surface area contributed by atoms with Gasteiger partial charge in [0, 0.05) is 24.1 Å². The van der Waals surface area contributed by atoms with Gasteiger partial charge in [-0.3, -0.25) is 0 Å². The van der Waals surface area contributed by atoms with Gasteiger partial charge in [0.25, 0.3) is 0 Å². The summed E-state index contributed by atoms with van der Waals surface area (Å²) in [4.78, 5) is 0. The molecule has 3 heteroatoms. The van der Waals surface area contributed by atoms with E-state index < -0.39 is 0 Å². The van der Waals surface area contributed by atoms with E-state index in [4.69, 9.17) is 10.5 Å². The second-order valence-electron chi connectivity index (χ2n) is 4.63. The van der Waals surface area contributed by atoms with E-state index >= 15 is 0 Å². The highest BCUT2D eigenvalue weighted by atomic mass is 19.1. The van der Waals surface area contributed by atoms with E-state index in [0.717, 1.165) is 24.8 Å². The molecule has 1 aromatic carbocycles. The van der Waals surface area contributed by atoms with Crippen molar-refractivity contribution in [3.8, 4) is 5.75 Å². The van der Waals surface area contributed by atoms with Crippen molar-refractivity contribution in [3.05, 3.63) is 29.6 Å². The van der Waals surface area contributed by atoms with Crippen LogP contribution in [-0.2, 0) is 0 Å². The summed E-state index contributed by atoms with van der Waals surface area (Å²) < 4.78 is 19.0. The molecule has 1 fully saturated rings. The number of benzene rings is 1. The maximum absolute atomic E-state index is 13.1. The predicted octanol–water partition coefficient (Wildman–Crippen LogP) is 2.53. The first kappa shape index (κ1) is 9.16. The lowest BCUT2D eigenvalue weighted by Crippen LogP contribution is -2.48. The number of nitrogens with two attached hydrogens (primary N) is 1. The highest BCUT2D eigenvalue weighted by Gasteiger charge is 2.44. The number of halogens is 1. The van der Waals surface area contributed by atoms with Crippen LogP contribution >= 0.6 is 0 Å². The molecule has 0 aromatic heterocycles. The van der Waals surface area contributed by atoms with Gasteiger partial charge in [0.2, 0.25) is 0 Å². The van der Waals surface area contributed by atoms with E-state index in [-0.39, 0.29) is 17.5 Å². The number of rotatable bonds is 0. The van der Waals surface area contributed by atoms with Gasteiger partial charge in [-0.15, -0.1) is 0 Å². The van der Waals surface area contributed by atoms with Crippen LogP contribution in [0.25, 0.3) is 0 Å². The summed E-state index contributed by atoms with van der Waals surface area (Å²) in [6.07, 6.45) is 4.16. The smallest absolute Gasteiger partial charge is 0.127 e. The van der Waals surface area contributed by atoms with Crippen molar-refractivity contribution in [2.75, 3.05) is 0 Å². The minimum Gasteiger partial charge on any atom is -0.487 e. The maximum atomic E-state index is 13.1. The van der Waals surface area contributed by atoms with Crippen LogP contribution < -0.4 is 10.5 Å². The quantitative estimate of drug-likeness (QED) is 0.709. The molecule has 1 saturated carbocycles. The zero-order valence-corrected chi connectivity index (χ0v) is 8.50. The number of hydrogen-bond donors (Lipinski definition) is 1. The molecule has 80 valence electrons. The average molecular weight is 207 g/mol. The average Bonchev–Trinajstić information content (AvgIpc) is 2.14. The zero-order chi connectivity index (χ0) is 10.5. The molecule has 3 rings (SSSR count). The number of ether oxygens (including phenoxy) is 1. The Morgan fingerprint density at radius 3 is 2.87 bits per heavy atom. The first-order chi connectivity index (χ1) is 7.19. The van der Waals surface area contributed by atoms with E-state index in [0.29, 0.717) is 5.75 Å². The van der Waals surface area contributed by atoms with Crippen molar-refractivity contribution in [3.63, 3.8) is 0 Å². The minimum atomic E-state index is -0.252. The maximum Gasteiger partial charge on any atom is 0.127 e. The Hall–Kier alpha value is -1.09. The van der Waals surface area contributed by atoms with E-state index in [1.807, 2.05) is 0 Å². The standard InChI is InChI=1S/C12H14FNO/c13-8-2-3-9-10(14)7-12(4-1-5-12)15-11(9)6-8/h2-3,6,10H,1,4-5,7,14H2. The molecule has 1 atom stereocenters. The molecule has 1 unspecified atom stereocenters. The molecule has 0 amide bonds. The topological polar surface area (TPSA) is 35.2 Å². The van der Waals surface area contributed by atoms with Gasteiger partial charge in [-0.05, 0) is 25.3 Å². The minimum absolute atomic E-state index is 0.00495. The van der Waals surface area contributed by atoms with Crippen LogP contribution in [0.1, 0.15) is 37.3 Å². The van der Waals surface area contributed by atoms with Crippen LogP contribution in [0.2, 0.25) is 0 Å². The molecule has 2 N–H and O–H groups in total. The third-order valence-electron chi connectivity index (χ3n) is 3.56. The van der Waals surface area contributed by atoms with Gasteiger partial charge in [-0.25, -0.2) is 4.39 Å². The lowest BCUT2D eigenvalue weighted by Gasteiger charge is -2.47. The van der Waals surface area contributed by atoms with Crippen LogP contribution in [0.5, 0.6) is 5.75 Å². The van der Waals surface area contributed by atoms with Crippen LogP contribution in [0.4, 0.5) is 4.39 Å². The second kappa shape index (κ2) is 2.95. The molecule has 0 radical (unpaired) electrons. The van der Waals surface area contributed by atoms with Gasteiger partial charge >= 0.3 is 0 Å². The Bertz CT molecular complexity index is 401. The summed E-state index contributed by atoms with van der Waals surface area (Å²) in [6, 6.07) is 4.63. The van der Waals surface area contributed by atoms with E-state index in [1.165, 1.54) is 18.6 Å². The second-order valence-corrected chi connectivity index (χ2v) is 4.63.